The monoisotopic (exact) mass is 902 g/mol. The number of aryl methyl sites for hydroxylation is 1. The molecular weight excluding hydrogens is 849 g/mol. The minimum absolute atomic E-state index is 0.0214. The summed E-state index contributed by atoms with van der Waals surface area (Å²) in [5.41, 5.74) is 7.17. The standard InChI is InChI=1S/C54H54N4O9/c1-37-24-25-42-29-44(37)31-48(52(61)65-34-39-17-8-3-9-18-39)57-50(59)46(23-14-28-55-53(62)66-35-40-19-10-4-11-20-40)56-51(60)47(58-54(63)67-36-41-21-12-5-13-22-41)32-45-30-43(42)26-27-49(45)64-33-38-15-6-2-7-16-38/h2-13,15-22,24-27,29-30,46-48H,14,23,28,31-36H2,1H3,(H,55,62)(H,56,60)(H,57,59)(H,58,63)/t46-,47-,48-/m0/s1. The molecule has 4 bridgehead atoms. The predicted molar refractivity (Wildman–Crippen MR) is 252 cm³/mol. The Balaban J connectivity index is 1.20. The second-order valence-electron chi connectivity index (χ2n) is 16.3. The van der Waals surface area contributed by atoms with Crippen LogP contribution in [-0.4, -0.2) is 54.6 Å². The summed E-state index contributed by atoms with van der Waals surface area (Å²) in [6, 6.07) is 45.1. The van der Waals surface area contributed by atoms with Gasteiger partial charge in [0, 0.05) is 19.4 Å². The van der Waals surface area contributed by atoms with Gasteiger partial charge in [-0.25, -0.2) is 14.4 Å². The van der Waals surface area contributed by atoms with Gasteiger partial charge < -0.3 is 40.2 Å². The van der Waals surface area contributed by atoms with Crippen molar-refractivity contribution in [2.24, 2.45) is 0 Å². The molecule has 1 aliphatic heterocycles. The fraction of sp³-hybridized carbons (Fsp3) is 0.241. The molecule has 0 fully saturated rings. The van der Waals surface area contributed by atoms with Gasteiger partial charge in [0.25, 0.3) is 0 Å². The highest BCUT2D eigenvalue weighted by Crippen LogP contribution is 2.31. The van der Waals surface area contributed by atoms with Crippen molar-refractivity contribution in [2.45, 2.75) is 77.2 Å². The van der Waals surface area contributed by atoms with Gasteiger partial charge in [-0.1, -0.05) is 146 Å². The van der Waals surface area contributed by atoms with Crippen molar-refractivity contribution in [3.05, 3.63) is 197 Å². The predicted octanol–water partition coefficient (Wildman–Crippen LogP) is 8.05. The molecule has 3 atom stereocenters. The normalized spacial score (nSPS) is 15.9. The van der Waals surface area contributed by atoms with Crippen molar-refractivity contribution in [1.82, 2.24) is 21.3 Å². The van der Waals surface area contributed by atoms with Crippen LogP contribution in [0.1, 0.15) is 51.8 Å². The molecule has 6 aromatic carbocycles. The van der Waals surface area contributed by atoms with Crippen LogP contribution in [0.3, 0.4) is 0 Å². The van der Waals surface area contributed by atoms with Gasteiger partial charge >= 0.3 is 18.2 Å². The number of alkyl carbamates (subject to hydrolysis) is 2. The van der Waals surface area contributed by atoms with Crippen molar-refractivity contribution in [3.63, 3.8) is 0 Å². The summed E-state index contributed by atoms with van der Waals surface area (Å²) in [5.74, 6) is -1.53. The van der Waals surface area contributed by atoms with Crippen molar-refractivity contribution in [3.8, 4) is 16.9 Å². The first-order chi connectivity index (χ1) is 32.7. The maximum absolute atomic E-state index is 14.7. The lowest BCUT2D eigenvalue weighted by Crippen LogP contribution is -2.56. The lowest BCUT2D eigenvalue weighted by atomic mass is 9.93. The molecule has 1 aliphatic rings. The van der Waals surface area contributed by atoms with Crippen LogP contribution < -0.4 is 26.0 Å². The van der Waals surface area contributed by atoms with Crippen LogP contribution in [0.15, 0.2) is 158 Å². The van der Waals surface area contributed by atoms with Gasteiger partial charge in [-0.05, 0) is 82.0 Å². The molecule has 0 radical (unpaired) electrons. The van der Waals surface area contributed by atoms with E-state index < -0.39 is 48.1 Å². The molecule has 0 saturated heterocycles. The Hall–Kier alpha value is -7.93. The third-order valence-corrected chi connectivity index (χ3v) is 11.3. The number of carbonyl (C=O) groups excluding carboxylic acids is 5. The van der Waals surface area contributed by atoms with E-state index in [-0.39, 0.29) is 58.7 Å². The lowest BCUT2D eigenvalue weighted by Gasteiger charge is -2.26. The fourth-order valence-electron chi connectivity index (χ4n) is 7.53. The third-order valence-electron chi connectivity index (χ3n) is 11.3. The summed E-state index contributed by atoms with van der Waals surface area (Å²) in [6.45, 7) is 2.27. The zero-order chi connectivity index (χ0) is 46.8. The first-order valence-corrected chi connectivity index (χ1v) is 22.3. The summed E-state index contributed by atoms with van der Waals surface area (Å²) < 4.78 is 23.1. The molecule has 13 nitrogen and oxygen atoms in total. The zero-order valence-electron chi connectivity index (χ0n) is 37.3. The van der Waals surface area contributed by atoms with E-state index in [2.05, 4.69) is 21.3 Å². The summed E-state index contributed by atoms with van der Waals surface area (Å²) in [5, 5.41) is 11.2. The molecule has 0 aromatic heterocycles. The molecule has 1 heterocycles. The number of hydrogen-bond donors (Lipinski definition) is 4. The Morgan fingerprint density at radius 2 is 1.09 bits per heavy atom. The van der Waals surface area contributed by atoms with Crippen LogP contribution in [0.4, 0.5) is 9.59 Å². The van der Waals surface area contributed by atoms with Crippen molar-refractivity contribution >= 4 is 30.0 Å². The molecule has 344 valence electrons. The van der Waals surface area contributed by atoms with E-state index >= 15 is 0 Å². The molecule has 13 heteroatoms. The van der Waals surface area contributed by atoms with Gasteiger partial charge in [0.15, 0.2) is 0 Å². The smallest absolute Gasteiger partial charge is 0.408 e. The molecule has 67 heavy (non-hydrogen) atoms. The second-order valence-corrected chi connectivity index (χ2v) is 16.3. The summed E-state index contributed by atoms with van der Waals surface area (Å²) in [7, 11) is 0. The molecule has 0 spiro atoms. The van der Waals surface area contributed by atoms with Gasteiger partial charge in [-0.3, -0.25) is 9.59 Å². The Kier molecular flexibility index (Phi) is 16.7. The number of esters is 1. The van der Waals surface area contributed by atoms with Gasteiger partial charge in [0.1, 0.15) is 50.3 Å². The van der Waals surface area contributed by atoms with Crippen LogP contribution >= 0.6 is 0 Å². The van der Waals surface area contributed by atoms with E-state index in [9.17, 15) is 24.0 Å². The topological polar surface area (TPSA) is 170 Å². The fourth-order valence-corrected chi connectivity index (χ4v) is 7.53. The number of nitrogens with one attached hydrogen (secondary N) is 4. The van der Waals surface area contributed by atoms with E-state index in [0.717, 1.165) is 44.5 Å². The van der Waals surface area contributed by atoms with Crippen LogP contribution in [0.25, 0.3) is 11.1 Å². The average molecular weight is 903 g/mol. The first kappa shape index (κ1) is 47.0. The highest BCUT2D eigenvalue weighted by atomic mass is 16.6. The average Bonchev–Trinajstić information content (AvgIpc) is 3.36. The molecule has 0 aliphatic carbocycles. The van der Waals surface area contributed by atoms with Crippen molar-refractivity contribution in [1.29, 1.82) is 0 Å². The van der Waals surface area contributed by atoms with E-state index in [1.54, 1.807) is 0 Å². The molecule has 0 saturated carbocycles. The van der Waals surface area contributed by atoms with E-state index in [1.165, 1.54) is 0 Å². The molecule has 4 amide bonds. The number of rotatable bonds is 15. The molecular formula is C54H54N4O9. The second kappa shape index (κ2) is 23.8. The van der Waals surface area contributed by atoms with Crippen LogP contribution in [0.2, 0.25) is 0 Å². The highest BCUT2D eigenvalue weighted by Gasteiger charge is 2.32. The minimum atomic E-state index is -1.27. The van der Waals surface area contributed by atoms with Crippen molar-refractivity contribution < 1.29 is 42.9 Å². The number of hydrogen-bond acceptors (Lipinski definition) is 9. The number of amides is 4. The van der Waals surface area contributed by atoms with Gasteiger partial charge in [0.05, 0.1) is 0 Å². The maximum Gasteiger partial charge on any atom is 0.408 e. The van der Waals surface area contributed by atoms with Gasteiger partial charge in [-0.15, -0.1) is 0 Å². The number of carbonyl (C=O) groups is 5. The lowest BCUT2D eigenvalue weighted by molar-refractivity contribution is -0.149. The van der Waals surface area contributed by atoms with Crippen LogP contribution in [-0.2, 0) is 67.9 Å². The van der Waals surface area contributed by atoms with E-state index in [1.807, 2.05) is 165 Å². The van der Waals surface area contributed by atoms with E-state index in [0.29, 0.717) is 11.3 Å². The SMILES string of the molecule is Cc1ccc2cc1C[C@@H](C(=O)OCc1ccccc1)NC(=O)[C@H](CCCNC(=O)OCc1ccccc1)NC(=O)[C@@H](NC(=O)OCc1ccccc1)Cc1cc-2ccc1OCc1ccccc1. The summed E-state index contributed by atoms with van der Waals surface area (Å²) >= 11 is 0. The van der Waals surface area contributed by atoms with Crippen LogP contribution in [0, 0.1) is 6.92 Å². The first-order valence-electron chi connectivity index (χ1n) is 22.3. The van der Waals surface area contributed by atoms with Crippen LogP contribution in [0.5, 0.6) is 5.75 Å². The Bertz CT molecular complexity index is 2590. The minimum Gasteiger partial charge on any atom is -0.489 e. The molecule has 7 rings (SSSR count). The number of fused-ring (bicyclic) bond motifs is 5. The maximum atomic E-state index is 14.7. The number of ether oxygens (including phenoxy) is 4. The summed E-state index contributed by atoms with van der Waals surface area (Å²) in [6.07, 6.45) is -1.22. The summed E-state index contributed by atoms with van der Waals surface area (Å²) in [4.78, 5) is 69.3. The quantitative estimate of drug-likeness (QED) is 0.0453. The Morgan fingerprint density at radius 1 is 0.567 bits per heavy atom. The number of benzene rings is 6. The van der Waals surface area contributed by atoms with E-state index in [4.69, 9.17) is 18.9 Å². The Labute approximate surface area is 390 Å². The molecule has 0 unspecified atom stereocenters. The third kappa shape index (κ3) is 14.3. The Morgan fingerprint density at radius 3 is 1.69 bits per heavy atom. The van der Waals surface area contributed by atoms with Crippen molar-refractivity contribution in [2.75, 3.05) is 6.54 Å². The largest absolute Gasteiger partial charge is 0.489 e. The van der Waals surface area contributed by atoms with Gasteiger partial charge in [0.2, 0.25) is 11.8 Å². The van der Waals surface area contributed by atoms with Gasteiger partial charge in [-0.2, -0.15) is 0 Å². The zero-order valence-corrected chi connectivity index (χ0v) is 37.3. The molecule has 6 aromatic rings. The molecule has 4 N–H and O–H groups in total. The highest BCUT2D eigenvalue weighted by molar-refractivity contribution is 5.93.